The highest BCUT2D eigenvalue weighted by molar-refractivity contribution is 6.30. The van der Waals surface area contributed by atoms with Gasteiger partial charge in [-0.15, -0.1) is 0 Å². The molecule has 0 spiro atoms. The third-order valence-electron chi connectivity index (χ3n) is 2.33. The fourth-order valence-electron chi connectivity index (χ4n) is 1.43. The van der Waals surface area contributed by atoms with Crippen LogP contribution >= 0.6 is 23.2 Å². The standard InChI is InChI=1S/C13H11Cl2N3O2/c1-8(20-10-4-2-3-9(14)5-10)13(19)18-12-7-16-6-11(15)17-12/h2-8H,1H3,(H,17,18,19). The molecule has 1 N–H and O–H groups in total. The summed E-state index contributed by atoms with van der Waals surface area (Å²) in [7, 11) is 0. The molecular weight excluding hydrogens is 301 g/mol. The van der Waals surface area contributed by atoms with E-state index in [1.165, 1.54) is 12.4 Å². The SMILES string of the molecule is CC(Oc1cccc(Cl)c1)C(=O)Nc1cncc(Cl)n1. The second-order valence-corrected chi connectivity index (χ2v) is 4.76. The molecule has 0 saturated carbocycles. The van der Waals surface area contributed by atoms with Crippen molar-refractivity contribution in [2.75, 3.05) is 5.32 Å². The third kappa shape index (κ3) is 4.08. The van der Waals surface area contributed by atoms with Crippen LogP contribution in [-0.4, -0.2) is 22.0 Å². The Balaban J connectivity index is 1.98. The number of rotatable bonds is 4. The van der Waals surface area contributed by atoms with Crippen molar-refractivity contribution in [1.82, 2.24) is 9.97 Å². The lowest BCUT2D eigenvalue weighted by Crippen LogP contribution is -2.30. The number of benzene rings is 1. The van der Waals surface area contributed by atoms with Crippen molar-refractivity contribution in [3.05, 3.63) is 46.8 Å². The molecule has 0 saturated heterocycles. The van der Waals surface area contributed by atoms with Gasteiger partial charge in [-0.2, -0.15) is 0 Å². The van der Waals surface area contributed by atoms with Gasteiger partial charge in [0.1, 0.15) is 10.9 Å². The molecule has 2 aromatic rings. The Labute approximate surface area is 125 Å². The van der Waals surface area contributed by atoms with E-state index in [9.17, 15) is 4.79 Å². The average molecular weight is 312 g/mol. The van der Waals surface area contributed by atoms with Crippen molar-refractivity contribution < 1.29 is 9.53 Å². The van der Waals surface area contributed by atoms with Crippen molar-refractivity contribution in [3.63, 3.8) is 0 Å². The number of ether oxygens (including phenoxy) is 1. The molecule has 1 heterocycles. The maximum absolute atomic E-state index is 11.9. The van der Waals surface area contributed by atoms with Gasteiger partial charge in [-0.05, 0) is 25.1 Å². The lowest BCUT2D eigenvalue weighted by atomic mass is 10.3. The number of hydrogen-bond acceptors (Lipinski definition) is 4. The van der Waals surface area contributed by atoms with Gasteiger partial charge in [0, 0.05) is 5.02 Å². The van der Waals surface area contributed by atoms with Crippen LogP contribution in [0.5, 0.6) is 5.75 Å². The van der Waals surface area contributed by atoms with Crippen LogP contribution in [0, 0.1) is 0 Å². The molecule has 0 aliphatic rings. The first-order chi connectivity index (χ1) is 9.54. The molecule has 104 valence electrons. The Bertz CT molecular complexity index is 622. The van der Waals surface area contributed by atoms with E-state index >= 15 is 0 Å². The fraction of sp³-hybridized carbons (Fsp3) is 0.154. The summed E-state index contributed by atoms with van der Waals surface area (Å²) in [6.07, 6.45) is 2.06. The quantitative estimate of drug-likeness (QED) is 0.941. The van der Waals surface area contributed by atoms with Crippen LogP contribution in [0.4, 0.5) is 5.82 Å². The minimum atomic E-state index is -0.714. The summed E-state index contributed by atoms with van der Waals surface area (Å²) in [5.41, 5.74) is 0. The van der Waals surface area contributed by atoms with Crippen LogP contribution in [0.2, 0.25) is 10.2 Å². The Morgan fingerprint density at radius 3 is 2.85 bits per heavy atom. The number of anilines is 1. The molecule has 1 aromatic carbocycles. The zero-order chi connectivity index (χ0) is 14.5. The van der Waals surface area contributed by atoms with Gasteiger partial charge in [0.25, 0.3) is 5.91 Å². The van der Waals surface area contributed by atoms with Gasteiger partial charge in [-0.1, -0.05) is 29.3 Å². The van der Waals surface area contributed by atoms with Gasteiger partial charge in [-0.25, -0.2) is 4.98 Å². The highest BCUT2D eigenvalue weighted by Crippen LogP contribution is 2.18. The molecule has 20 heavy (non-hydrogen) atoms. The number of carbonyl (C=O) groups is 1. The monoisotopic (exact) mass is 311 g/mol. The lowest BCUT2D eigenvalue weighted by Gasteiger charge is -2.14. The van der Waals surface area contributed by atoms with Crippen LogP contribution < -0.4 is 10.1 Å². The highest BCUT2D eigenvalue weighted by atomic mass is 35.5. The normalized spacial score (nSPS) is 11.8. The zero-order valence-electron chi connectivity index (χ0n) is 10.5. The van der Waals surface area contributed by atoms with Crippen LogP contribution in [0.25, 0.3) is 0 Å². The highest BCUT2D eigenvalue weighted by Gasteiger charge is 2.15. The summed E-state index contributed by atoms with van der Waals surface area (Å²) in [6, 6.07) is 6.81. The smallest absolute Gasteiger partial charge is 0.266 e. The fourth-order valence-corrected chi connectivity index (χ4v) is 1.76. The van der Waals surface area contributed by atoms with Crippen molar-refractivity contribution in [2.24, 2.45) is 0 Å². The van der Waals surface area contributed by atoms with E-state index in [4.69, 9.17) is 27.9 Å². The molecule has 0 aliphatic heterocycles. The lowest BCUT2D eigenvalue weighted by molar-refractivity contribution is -0.122. The number of halogens is 2. The molecule has 1 amide bonds. The number of carbonyl (C=O) groups excluding carboxylic acids is 1. The first kappa shape index (κ1) is 14.6. The van der Waals surface area contributed by atoms with Crippen molar-refractivity contribution in [2.45, 2.75) is 13.0 Å². The first-order valence-corrected chi connectivity index (χ1v) is 6.51. The maximum Gasteiger partial charge on any atom is 0.266 e. The molecule has 1 unspecified atom stereocenters. The molecule has 7 heteroatoms. The molecule has 1 aromatic heterocycles. The summed E-state index contributed by atoms with van der Waals surface area (Å²) < 4.78 is 5.48. The summed E-state index contributed by atoms with van der Waals surface area (Å²) in [5, 5.41) is 3.30. The number of hydrogen-bond donors (Lipinski definition) is 1. The van der Waals surface area contributed by atoms with E-state index in [0.29, 0.717) is 10.8 Å². The third-order valence-corrected chi connectivity index (χ3v) is 2.75. The van der Waals surface area contributed by atoms with Crippen LogP contribution in [0.1, 0.15) is 6.92 Å². The summed E-state index contributed by atoms with van der Waals surface area (Å²) in [4.78, 5) is 19.7. The Morgan fingerprint density at radius 2 is 2.15 bits per heavy atom. The minimum absolute atomic E-state index is 0.200. The Morgan fingerprint density at radius 1 is 1.35 bits per heavy atom. The number of aromatic nitrogens is 2. The average Bonchev–Trinajstić information content (AvgIpc) is 2.38. The molecule has 0 bridgehead atoms. The number of nitrogens with zero attached hydrogens (tertiary/aromatic N) is 2. The Hall–Kier alpha value is -1.85. The Kier molecular flexibility index (Phi) is 4.76. The van der Waals surface area contributed by atoms with Gasteiger partial charge in [0.2, 0.25) is 0 Å². The van der Waals surface area contributed by atoms with Crippen molar-refractivity contribution in [3.8, 4) is 5.75 Å². The largest absolute Gasteiger partial charge is 0.481 e. The predicted octanol–water partition coefficient (Wildman–Crippen LogP) is 3.19. The topological polar surface area (TPSA) is 64.1 Å². The van der Waals surface area contributed by atoms with Crippen LogP contribution in [-0.2, 0) is 4.79 Å². The molecule has 0 fully saturated rings. The molecule has 2 rings (SSSR count). The molecular formula is C13H11Cl2N3O2. The van der Waals surface area contributed by atoms with Gasteiger partial charge in [0.05, 0.1) is 12.4 Å². The van der Waals surface area contributed by atoms with E-state index < -0.39 is 6.10 Å². The van der Waals surface area contributed by atoms with Crippen molar-refractivity contribution >= 4 is 34.9 Å². The van der Waals surface area contributed by atoms with Gasteiger partial charge >= 0.3 is 0 Å². The van der Waals surface area contributed by atoms with Gasteiger partial charge in [0.15, 0.2) is 11.9 Å². The number of amides is 1. The second kappa shape index (κ2) is 6.54. The first-order valence-electron chi connectivity index (χ1n) is 5.75. The van der Waals surface area contributed by atoms with E-state index in [2.05, 4.69) is 15.3 Å². The molecule has 0 radical (unpaired) electrons. The van der Waals surface area contributed by atoms with E-state index in [-0.39, 0.29) is 16.9 Å². The molecule has 1 atom stereocenters. The van der Waals surface area contributed by atoms with Crippen molar-refractivity contribution in [1.29, 1.82) is 0 Å². The van der Waals surface area contributed by atoms with Crippen LogP contribution in [0.3, 0.4) is 0 Å². The summed E-state index contributed by atoms with van der Waals surface area (Å²) >= 11 is 11.5. The van der Waals surface area contributed by atoms with E-state index in [1.807, 2.05) is 0 Å². The minimum Gasteiger partial charge on any atom is -0.481 e. The second-order valence-electron chi connectivity index (χ2n) is 3.93. The zero-order valence-corrected chi connectivity index (χ0v) is 12.0. The van der Waals surface area contributed by atoms with Gasteiger partial charge in [-0.3, -0.25) is 9.78 Å². The van der Waals surface area contributed by atoms with E-state index in [0.717, 1.165) is 0 Å². The molecule has 5 nitrogen and oxygen atoms in total. The molecule has 0 aliphatic carbocycles. The predicted molar refractivity (Wildman–Crippen MR) is 77.2 cm³/mol. The van der Waals surface area contributed by atoms with Gasteiger partial charge < -0.3 is 10.1 Å². The maximum atomic E-state index is 11.9. The number of nitrogens with one attached hydrogen (secondary N) is 1. The van der Waals surface area contributed by atoms with E-state index in [1.54, 1.807) is 31.2 Å². The van der Waals surface area contributed by atoms with Crippen LogP contribution in [0.15, 0.2) is 36.7 Å². The summed E-state index contributed by atoms with van der Waals surface area (Å²) in [6.45, 7) is 1.62. The summed E-state index contributed by atoms with van der Waals surface area (Å²) in [5.74, 6) is 0.419.